The fourth-order valence-electron chi connectivity index (χ4n) is 1.53. The van der Waals surface area contributed by atoms with E-state index in [0.29, 0.717) is 13.0 Å². The molecule has 0 aromatic rings. The molecule has 1 rings (SSSR count). The fraction of sp³-hybridized carbons (Fsp3) is 0.889. The van der Waals surface area contributed by atoms with Gasteiger partial charge in [-0.1, -0.05) is 13.8 Å². The Balaban J connectivity index is 2.40. The van der Waals surface area contributed by atoms with E-state index in [9.17, 15) is 9.90 Å². The lowest BCUT2D eigenvalue weighted by Crippen LogP contribution is -2.29. The average Bonchev–Trinajstić information content (AvgIpc) is 2.33. The number of β-amino-alcohol motifs (C(OH)–C–C–N with tert-alkyl or cyclic N) is 1. The van der Waals surface area contributed by atoms with Crippen LogP contribution in [-0.2, 0) is 4.79 Å². The molecule has 1 amide bonds. The molecule has 1 fully saturated rings. The van der Waals surface area contributed by atoms with Crippen molar-refractivity contribution < 1.29 is 9.90 Å². The Bertz CT molecular complexity index is 160. The van der Waals surface area contributed by atoms with Gasteiger partial charge in [0.15, 0.2) is 0 Å². The largest absolute Gasteiger partial charge is 0.391 e. The molecule has 1 N–H and O–H groups in total. The van der Waals surface area contributed by atoms with Gasteiger partial charge in [-0.15, -0.1) is 0 Å². The van der Waals surface area contributed by atoms with Crippen LogP contribution in [-0.4, -0.2) is 35.1 Å². The predicted octanol–water partition coefficient (Wildman–Crippen LogP) is 0.626. The van der Waals surface area contributed by atoms with Crippen LogP contribution >= 0.6 is 0 Å². The van der Waals surface area contributed by atoms with Crippen LogP contribution in [0, 0.1) is 5.92 Å². The van der Waals surface area contributed by atoms with E-state index in [-0.39, 0.29) is 17.9 Å². The number of carbonyl (C=O) groups is 1. The highest BCUT2D eigenvalue weighted by molar-refractivity contribution is 5.76. The Morgan fingerprint density at radius 2 is 2.25 bits per heavy atom. The quantitative estimate of drug-likeness (QED) is 0.662. The highest BCUT2D eigenvalue weighted by Crippen LogP contribution is 2.16. The van der Waals surface area contributed by atoms with Crippen molar-refractivity contribution in [1.82, 2.24) is 4.90 Å². The Kier molecular flexibility index (Phi) is 3.09. The lowest BCUT2D eigenvalue weighted by molar-refractivity contribution is -0.130. The maximum absolute atomic E-state index is 11.4. The molecule has 0 bridgehead atoms. The van der Waals surface area contributed by atoms with Gasteiger partial charge >= 0.3 is 0 Å². The maximum atomic E-state index is 11.4. The summed E-state index contributed by atoms with van der Waals surface area (Å²) in [7, 11) is 0. The van der Waals surface area contributed by atoms with Crippen molar-refractivity contribution in [3.63, 3.8) is 0 Å². The van der Waals surface area contributed by atoms with Crippen molar-refractivity contribution in [1.29, 1.82) is 0 Å². The summed E-state index contributed by atoms with van der Waals surface area (Å²) < 4.78 is 0. The van der Waals surface area contributed by atoms with Crippen LogP contribution in [0.15, 0.2) is 0 Å². The molecule has 2 unspecified atom stereocenters. The minimum Gasteiger partial charge on any atom is -0.391 e. The number of nitrogens with zero attached hydrogens (tertiary/aromatic N) is 1. The van der Waals surface area contributed by atoms with E-state index in [1.165, 1.54) is 0 Å². The standard InChI is InChI=1S/C9H17NO2/c1-3-4-9(12)10-5-7(2)8(11)6-10/h7-8,11H,3-6H2,1-2H3. The van der Waals surface area contributed by atoms with Gasteiger partial charge < -0.3 is 10.0 Å². The molecule has 1 heterocycles. The molecule has 0 radical (unpaired) electrons. The molecule has 1 aliphatic rings. The Morgan fingerprint density at radius 3 is 2.67 bits per heavy atom. The van der Waals surface area contributed by atoms with Crippen LogP contribution < -0.4 is 0 Å². The number of rotatable bonds is 2. The van der Waals surface area contributed by atoms with Gasteiger partial charge in [-0.05, 0) is 6.42 Å². The van der Waals surface area contributed by atoms with E-state index >= 15 is 0 Å². The Morgan fingerprint density at radius 1 is 1.58 bits per heavy atom. The summed E-state index contributed by atoms with van der Waals surface area (Å²) in [6.07, 6.45) is 1.19. The second kappa shape index (κ2) is 3.90. The van der Waals surface area contributed by atoms with Crippen LogP contribution in [0.3, 0.4) is 0 Å². The van der Waals surface area contributed by atoms with Crippen LogP contribution in [0.25, 0.3) is 0 Å². The zero-order valence-corrected chi connectivity index (χ0v) is 7.79. The van der Waals surface area contributed by atoms with Crippen molar-refractivity contribution >= 4 is 5.91 Å². The minimum absolute atomic E-state index is 0.181. The molecule has 0 aliphatic carbocycles. The SMILES string of the molecule is CCCC(=O)N1CC(C)C(O)C1. The van der Waals surface area contributed by atoms with Gasteiger partial charge in [0.25, 0.3) is 0 Å². The third-order valence-electron chi connectivity index (χ3n) is 2.39. The molecular formula is C9H17NO2. The number of hydrogen-bond donors (Lipinski definition) is 1. The van der Waals surface area contributed by atoms with E-state index in [1.807, 2.05) is 13.8 Å². The lowest BCUT2D eigenvalue weighted by atomic mass is 10.1. The summed E-state index contributed by atoms with van der Waals surface area (Å²) in [6, 6.07) is 0. The monoisotopic (exact) mass is 171 g/mol. The van der Waals surface area contributed by atoms with Gasteiger partial charge in [0, 0.05) is 25.4 Å². The van der Waals surface area contributed by atoms with E-state index in [0.717, 1.165) is 13.0 Å². The Labute approximate surface area is 73.4 Å². The number of aliphatic hydroxyl groups is 1. The molecule has 1 aliphatic heterocycles. The normalized spacial score (nSPS) is 29.4. The van der Waals surface area contributed by atoms with E-state index in [2.05, 4.69) is 0 Å². The summed E-state index contributed by atoms with van der Waals surface area (Å²) >= 11 is 0. The molecule has 12 heavy (non-hydrogen) atoms. The third kappa shape index (κ3) is 1.97. The number of hydrogen-bond acceptors (Lipinski definition) is 2. The van der Waals surface area contributed by atoms with Crippen molar-refractivity contribution in [2.75, 3.05) is 13.1 Å². The zero-order chi connectivity index (χ0) is 9.14. The molecule has 3 heteroatoms. The fourth-order valence-corrected chi connectivity index (χ4v) is 1.53. The summed E-state index contributed by atoms with van der Waals surface area (Å²) in [5, 5.41) is 9.39. The van der Waals surface area contributed by atoms with Gasteiger partial charge in [0.1, 0.15) is 0 Å². The zero-order valence-electron chi connectivity index (χ0n) is 7.79. The molecule has 70 valence electrons. The molecule has 0 aromatic carbocycles. The van der Waals surface area contributed by atoms with Crippen molar-refractivity contribution in [2.45, 2.75) is 32.8 Å². The van der Waals surface area contributed by atoms with Crippen LogP contribution in [0.4, 0.5) is 0 Å². The highest BCUT2D eigenvalue weighted by Gasteiger charge is 2.29. The molecule has 1 saturated heterocycles. The van der Waals surface area contributed by atoms with Gasteiger partial charge in [0.2, 0.25) is 5.91 Å². The van der Waals surface area contributed by atoms with Crippen molar-refractivity contribution in [3.8, 4) is 0 Å². The summed E-state index contributed by atoms with van der Waals surface area (Å²) in [6.45, 7) is 5.22. The molecule has 0 aromatic heterocycles. The smallest absolute Gasteiger partial charge is 0.222 e. The van der Waals surface area contributed by atoms with Crippen molar-refractivity contribution in [3.05, 3.63) is 0 Å². The molecular weight excluding hydrogens is 154 g/mol. The molecule has 2 atom stereocenters. The topological polar surface area (TPSA) is 40.5 Å². The van der Waals surface area contributed by atoms with Crippen LogP contribution in [0.2, 0.25) is 0 Å². The highest BCUT2D eigenvalue weighted by atomic mass is 16.3. The number of carbonyl (C=O) groups excluding carboxylic acids is 1. The van der Waals surface area contributed by atoms with Gasteiger partial charge in [0.05, 0.1) is 6.10 Å². The average molecular weight is 171 g/mol. The second-order valence-corrected chi connectivity index (χ2v) is 3.59. The van der Waals surface area contributed by atoms with Gasteiger partial charge in [-0.25, -0.2) is 0 Å². The Hall–Kier alpha value is -0.570. The molecule has 0 spiro atoms. The van der Waals surface area contributed by atoms with Gasteiger partial charge in [-0.2, -0.15) is 0 Å². The van der Waals surface area contributed by atoms with Crippen molar-refractivity contribution in [2.24, 2.45) is 5.92 Å². The summed E-state index contributed by atoms with van der Waals surface area (Å²) in [4.78, 5) is 13.1. The van der Waals surface area contributed by atoms with E-state index < -0.39 is 0 Å². The second-order valence-electron chi connectivity index (χ2n) is 3.59. The first-order chi connectivity index (χ1) is 5.65. The molecule has 3 nitrogen and oxygen atoms in total. The summed E-state index contributed by atoms with van der Waals surface area (Å²) in [5.74, 6) is 0.423. The van der Waals surface area contributed by atoms with Gasteiger partial charge in [-0.3, -0.25) is 4.79 Å². The molecule has 0 saturated carbocycles. The summed E-state index contributed by atoms with van der Waals surface area (Å²) in [5.41, 5.74) is 0. The van der Waals surface area contributed by atoms with Crippen LogP contribution in [0.1, 0.15) is 26.7 Å². The van der Waals surface area contributed by atoms with E-state index in [1.54, 1.807) is 4.90 Å². The minimum atomic E-state index is -0.314. The third-order valence-corrected chi connectivity index (χ3v) is 2.39. The first kappa shape index (κ1) is 9.52. The first-order valence-corrected chi connectivity index (χ1v) is 4.61. The number of aliphatic hydroxyl groups excluding tert-OH is 1. The number of likely N-dealkylation sites (tertiary alicyclic amines) is 1. The first-order valence-electron chi connectivity index (χ1n) is 4.61. The lowest BCUT2D eigenvalue weighted by Gasteiger charge is -2.14. The maximum Gasteiger partial charge on any atom is 0.222 e. The number of amides is 1. The van der Waals surface area contributed by atoms with E-state index in [4.69, 9.17) is 0 Å². The predicted molar refractivity (Wildman–Crippen MR) is 46.7 cm³/mol. The van der Waals surface area contributed by atoms with Crippen LogP contribution in [0.5, 0.6) is 0 Å².